The van der Waals surface area contributed by atoms with Gasteiger partial charge in [-0.3, -0.25) is 0 Å². The molecule has 0 heterocycles. The Bertz CT molecular complexity index is 613. The summed E-state index contributed by atoms with van der Waals surface area (Å²) in [6, 6.07) is 15.1. The van der Waals surface area contributed by atoms with Crippen molar-refractivity contribution in [3.63, 3.8) is 0 Å². The Morgan fingerprint density at radius 2 is 1.86 bits per heavy atom. The van der Waals surface area contributed by atoms with Crippen LogP contribution in [0.25, 0.3) is 0 Å². The van der Waals surface area contributed by atoms with E-state index in [-0.39, 0.29) is 6.04 Å². The molecular formula is C17H20Br2N2. The second-order valence-corrected chi connectivity index (χ2v) is 6.76. The van der Waals surface area contributed by atoms with E-state index >= 15 is 0 Å². The van der Waals surface area contributed by atoms with E-state index in [0.717, 1.165) is 15.5 Å². The summed E-state index contributed by atoms with van der Waals surface area (Å²) >= 11 is 7.09. The minimum absolute atomic E-state index is 0.168. The van der Waals surface area contributed by atoms with Crippen LogP contribution in [0.1, 0.15) is 24.1 Å². The smallest absolute Gasteiger partial charge is 0.0665 e. The van der Waals surface area contributed by atoms with Gasteiger partial charge in [0.1, 0.15) is 0 Å². The third kappa shape index (κ3) is 3.87. The minimum Gasteiger partial charge on any atom is -0.363 e. The van der Waals surface area contributed by atoms with Gasteiger partial charge in [0.15, 0.2) is 0 Å². The normalized spacial score (nSPS) is 12.2. The van der Waals surface area contributed by atoms with Crippen LogP contribution in [0, 0.1) is 6.92 Å². The highest BCUT2D eigenvalue weighted by molar-refractivity contribution is 9.13. The molecule has 4 heteroatoms. The number of benzene rings is 2. The quantitative estimate of drug-likeness (QED) is 0.745. The second kappa shape index (κ2) is 7.43. The summed E-state index contributed by atoms with van der Waals surface area (Å²) in [6.45, 7) is 5.78. The molecule has 0 fully saturated rings. The second-order valence-electron chi connectivity index (χ2n) is 5.05. The average Bonchev–Trinajstić information content (AvgIpc) is 2.47. The molecule has 0 aliphatic heterocycles. The SMILES string of the molecule is CCN(c1cccc(C)c1)C(CN)c1ccc(Br)c(Br)c1. The van der Waals surface area contributed by atoms with Gasteiger partial charge in [-0.15, -0.1) is 0 Å². The molecule has 2 rings (SSSR count). The van der Waals surface area contributed by atoms with Crippen molar-refractivity contribution >= 4 is 37.5 Å². The van der Waals surface area contributed by atoms with Crippen LogP contribution in [0.15, 0.2) is 51.4 Å². The van der Waals surface area contributed by atoms with Gasteiger partial charge >= 0.3 is 0 Å². The van der Waals surface area contributed by atoms with Crippen LogP contribution in [0.4, 0.5) is 5.69 Å². The zero-order chi connectivity index (χ0) is 15.4. The standard InChI is InChI=1S/C17H20Br2N2/c1-3-21(14-6-4-5-12(2)9-14)17(11-20)13-7-8-15(18)16(19)10-13/h4-10,17H,3,11,20H2,1-2H3. The summed E-state index contributed by atoms with van der Waals surface area (Å²) < 4.78 is 2.11. The van der Waals surface area contributed by atoms with Gasteiger partial charge in [0, 0.05) is 27.7 Å². The van der Waals surface area contributed by atoms with E-state index in [1.54, 1.807) is 0 Å². The molecule has 0 saturated carbocycles. The number of nitrogens with two attached hydrogens (primary N) is 1. The number of aryl methyl sites for hydroxylation is 1. The largest absolute Gasteiger partial charge is 0.363 e. The Morgan fingerprint density at radius 1 is 1.10 bits per heavy atom. The number of anilines is 1. The molecule has 1 unspecified atom stereocenters. The van der Waals surface area contributed by atoms with Gasteiger partial charge in [-0.1, -0.05) is 18.2 Å². The molecule has 1 atom stereocenters. The van der Waals surface area contributed by atoms with E-state index in [0.29, 0.717) is 6.54 Å². The number of hydrogen-bond donors (Lipinski definition) is 1. The molecule has 0 radical (unpaired) electrons. The first-order chi connectivity index (χ1) is 10.1. The van der Waals surface area contributed by atoms with Crippen LogP contribution in [0.5, 0.6) is 0 Å². The zero-order valence-corrected chi connectivity index (χ0v) is 15.5. The fraction of sp³-hybridized carbons (Fsp3) is 0.294. The topological polar surface area (TPSA) is 29.3 Å². The van der Waals surface area contributed by atoms with E-state index in [9.17, 15) is 0 Å². The van der Waals surface area contributed by atoms with E-state index < -0.39 is 0 Å². The summed E-state index contributed by atoms with van der Waals surface area (Å²) in [5, 5.41) is 0. The third-order valence-corrected chi connectivity index (χ3v) is 5.48. The Balaban J connectivity index is 2.39. The van der Waals surface area contributed by atoms with Gasteiger partial charge in [0.05, 0.1) is 6.04 Å². The fourth-order valence-corrected chi connectivity index (χ4v) is 3.20. The zero-order valence-electron chi connectivity index (χ0n) is 12.3. The van der Waals surface area contributed by atoms with Crippen molar-refractivity contribution < 1.29 is 0 Å². The molecule has 2 aromatic carbocycles. The molecule has 0 spiro atoms. The number of nitrogens with zero attached hydrogens (tertiary/aromatic N) is 1. The van der Waals surface area contributed by atoms with Crippen LogP contribution in [-0.4, -0.2) is 13.1 Å². The van der Waals surface area contributed by atoms with Crippen molar-refractivity contribution in [2.75, 3.05) is 18.0 Å². The van der Waals surface area contributed by atoms with Crippen LogP contribution in [0.3, 0.4) is 0 Å². The lowest BCUT2D eigenvalue weighted by Crippen LogP contribution is -2.33. The Hall–Kier alpha value is -0.840. The molecule has 0 saturated heterocycles. The Morgan fingerprint density at radius 3 is 2.43 bits per heavy atom. The molecular weight excluding hydrogens is 392 g/mol. The first kappa shape index (κ1) is 16.5. The van der Waals surface area contributed by atoms with Crippen molar-refractivity contribution in [2.45, 2.75) is 19.9 Å². The number of likely N-dealkylation sites (N-methyl/N-ethyl adjacent to an activating group) is 1. The monoisotopic (exact) mass is 410 g/mol. The van der Waals surface area contributed by atoms with Crippen molar-refractivity contribution in [2.24, 2.45) is 5.73 Å². The molecule has 112 valence electrons. The molecule has 0 aliphatic rings. The van der Waals surface area contributed by atoms with E-state index in [4.69, 9.17) is 5.73 Å². The summed E-state index contributed by atoms with van der Waals surface area (Å²) in [6.07, 6.45) is 0. The van der Waals surface area contributed by atoms with Gasteiger partial charge in [0.25, 0.3) is 0 Å². The van der Waals surface area contributed by atoms with Gasteiger partial charge in [-0.25, -0.2) is 0 Å². The summed E-state index contributed by atoms with van der Waals surface area (Å²) in [5.74, 6) is 0. The average molecular weight is 412 g/mol. The molecule has 2 aromatic rings. The van der Waals surface area contributed by atoms with Crippen molar-refractivity contribution in [1.29, 1.82) is 0 Å². The lowest BCUT2D eigenvalue weighted by atomic mass is 10.0. The molecule has 2 N–H and O–H groups in total. The number of halogens is 2. The van der Waals surface area contributed by atoms with Crippen LogP contribution in [-0.2, 0) is 0 Å². The molecule has 0 aliphatic carbocycles. The Labute approximate surface area is 143 Å². The molecule has 2 nitrogen and oxygen atoms in total. The molecule has 0 bridgehead atoms. The highest BCUT2D eigenvalue weighted by Gasteiger charge is 2.19. The third-order valence-electron chi connectivity index (χ3n) is 3.60. The summed E-state index contributed by atoms with van der Waals surface area (Å²) in [5.41, 5.74) is 9.77. The van der Waals surface area contributed by atoms with Crippen molar-refractivity contribution in [3.8, 4) is 0 Å². The van der Waals surface area contributed by atoms with Gasteiger partial charge < -0.3 is 10.6 Å². The summed E-state index contributed by atoms with van der Waals surface area (Å²) in [7, 11) is 0. The van der Waals surface area contributed by atoms with Crippen molar-refractivity contribution in [3.05, 3.63) is 62.5 Å². The first-order valence-electron chi connectivity index (χ1n) is 7.05. The first-order valence-corrected chi connectivity index (χ1v) is 8.63. The molecule has 0 amide bonds. The van der Waals surface area contributed by atoms with E-state index in [1.807, 2.05) is 0 Å². The fourth-order valence-electron chi connectivity index (χ4n) is 2.55. The van der Waals surface area contributed by atoms with Gasteiger partial charge in [-0.2, -0.15) is 0 Å². The van der Waals surface area contributed by atoms with E-state index in [2.05, 4.69) is 93.1 Å². The van der Waals surface area contributed by atoms with Gasteiger partial charge in [0.2, 0.25) is 0 Å². The van der Waals surface area contributed by atoms with Crippen LogP contribution >= 0.6 is 31.9 Å². The maximum absolute atomic E-state index is 6.08. The highest BCUT2D eigenvalue weighted by Crippen LogP contribution is 2.31. The van der Waals surface area contributed by atoms with Crippen LogP contribution in [0.2, 0.25) is 0 Å². The summed E-state index contributed by atoms with van der Waals surface area (Å²) in [4.78, 5) is 2.35. The maximum Gasteiger partial charge on any atom is 0.0665 e. The highest BCUT2D eigenvalue weighted by atomic mass is 79.9. The molecule has 21 heavy (non-hydrogen) atoms. The van der Waals surface area contributed by atoms with Gasteiger partial charge in [-0.05, 0) is 81.1 Å². The van der Waals surface area contributed by atoms with E-state index in [1.165, 1.54) is 16.8 Å². The predicted octanol–water partition coefficient (Wildman–Crippen LogP) is 5.05. The molecule has 0 aromatic heterocycles. The Kier molecular flexibility index (Phi) is 5.85. The lowest BCUT2D eigenvalue weighted by Gasteiger charge is -2.33. The van der Waals surface area contributed by atoms with Crippen molar-refractivity contribution in [1.82, 2.24) is 0 Å². The lowest BCUT2D eigenvalue weighted by molar-refractivity contribution is 0.643. The predicted molar refractivity (Wildman–Crippen MR) is 97.8 cm³/mol. The number of hydrogen-bond acceptors (Lipinski definition) is 2. The number of rotatable bonds is 5. The minimum atomic E-state index is 0.168. The maximum atomic E-state index is 6.08. The van der Waals surface area contributed by atoms with Crippen LogP contribution < -0.4 is 10.6 Å².